The molecule has 0 saturated carbocycles. The van der Waals surface area contributed by atoms with E-state index in [4.69, 9.17) is 32.5 Å². The van der Waals surface area contributed by atoms with Crippen LogP contribution in [-0.4, -0.2) is 23.2 Å². The minimum absolute atomic E-state index is 0.0136. The molecule has 0 N–H and O–H groups in total. The molecule has 0 unspecified atom stereocenters. The van der Waals surface area contributed by atoms with Gasteiger partial charge in [-0.3, -0.25) is 10.1 Å². The Bertz CT molecular complexity index is 561. The van der Waals surface area contributed by atoms with Crippen LogP contribution in [0.4, 0.5) is 5.69 Å². The lowest BCUT2D eigenvalue weighted by Crippen LogP contribution is -2.41. The van der Waals surface area contributed by atoms with Gasteiger partial charge < -0.3 is 9.31 Å². The molecule has 0 aromatic heterocycles. The van der Waals surface area contributed by atoms with Gasteiger partial charge in [-0.05, 0) is 33.8 Å². The predicted octanol–water partition coefficient (Wildman–Crippen LogP) is 3.20. The topological polar surface area (TPSA) is 61.6 Å². The zero-order valence-corrected chi connectivity index (χ0v) is 13.1. The molecule has 108 valence electrons. The average molecular weight is 318 g/mol. The fourth-order valence-electron chi connectivity index (χ4n) is 1.84. The molecule has 5 nitrogen and oxygen atoms in total. The molecule has 0 amide bonds. The predicted molar refractivity (Wildman–Crippen MR) is 78.8 cm³/mol. The van der Waals surface area contributed by atoms with E-state index in [1.807, 2.05) is 27.7 Å². The van der Waals surface area contributed by atoms with Gasteiger partial charge >= 0.3 is 7.12 Å². The molecule has 1 aliphatic rings. The Morgan fingerprint density at radius 3 is 2.05 bits per heavy atom. The van der Waals surface area contributed by atoms with Crippen LogP contribution in [0.25, 0.3) is 0 Å². The Hall–Kier alpha value is -0.815. The molecule has 1 heterocycles. The smallest absolute Gasteiger partial charge is 0.399 e. The monoisotopic (exact) mass is 317 g/mol. The summed E-state index contributed by atoms with van der Waals surface area (Å²) in [5, 5.41) is 11.2. The normalized spacial score (nSPS) is 20.2. The molecule has 1 saturated heterocycles. The first-order chi connectivity index (χ1) is 9.05. The minimum Gasteiger partial charge on any atom is -0.399 e. The second-order valence-electron chi connectivity index (χ2n) is 5.67. The SMILES string of the molecule is CC1(C)OB(c2cc([N+](=O)[O-])c(Cl)cc2Cl)OC1(C)C. The Balaban J connectivity index is 2.45. The van der Waals surface area contributed by atoms with E-state index in [1.165, 1.54) is 12.1 Å². The van der Waals surface area contributed by atoms with Crippen molar-refractivity contribution in [3.05, 3.63) is 32.3 Å². The Morgan fingerprint density at radius 2 is 1.60 bits per heavy atom. The van der Waals surface area contributed by atoms with Crippen molar-refractivity contribution in [1.29, 1.82) is 0 Å². The Kier molecular flexibility index (Phi) is 3.80. The van der Waals surface area contributed by atoms with Gasteiger partial charge in [-0.2, -0.15) is 0 Å². The summed E-state index contributed by atoms with van der Waals surface area (Å²) in [6.45, 7) is 7.58. The van der Waals surface area contributed by atoms with Crippen LogP contribution in [0.2, 0.25) is 10.0 Å². The lowest BCUT2D eigenvalue weighted by molar-refractivity contribution is -0.384. The first-order valence-corrected chi connectivity index (χ1v) is 6.80. The first kappa shape index (κ1) is 15.6. The van der Waals surface area contributed by atoms with E-state index in [2.05, 4.69) is 0 Å². The summed E-state index contributed by atoms with van der Waals surface area (Å²) in [7, 11) is -0.761. The molecule has 1 fully saturated rings. The molecular weight excluding hydrogens is 304 g/mol. The standard InChI is InChI=1S/C12H14BCl2NO4/c1-11(2)12(3,4)20-13(19-11)7-5-10(16(17)18)9(15)6-8(7)14/h5-6H,1-4H3. The maximum atomic E-state index is 11.0. The van der Waals surface area contributed by atoms with Crippen molar-refractivity contribution in [2.45, 2.75) is 38.9 Å². The average Bonchev–Trinajstić information content (AvgIpc) is 2.47. The highest BCUT2D eigenvalue weighted by Crippen LogP contribution is 2.37. The van der Waals surface area contributed by atoms with E-state index >= 15 is 0 Å². The summed E-state index contributed by atoms with van der Waals surface area (Å²) in [6.07, 6.45) is 0. The van der Waals surface area contributed by atoms with Crippen LogP contribution >= 0.6 is 23.2 Å². The highest BCUT2D eigenvalue weighted by Gasteiger charge is 2.52. The number of hydrogen-bond acceptors (Lipinski definition) is 4. The number of hydrogen-bond donors (Lipinski definition) is 0. The van der Waals surface area contributed by atoms with Crippen molar-refractivity contribution < 1.29 is 14.2 Å². The van der Waals surface area contributed by atoms with Crippen molar-refractivity contribution >= 4 is 41.5 Å². The molecule has 0 aliphatic carbocycles. The number of nitro groups is 1. The van der Waals surface area contributed by atoms with Gasteiger partial charge in [0.15, 0.2) is 0 Å². The number of nitrogens with zero attached hydrogens (tertiary/aromatic N) is 1. The molecule has 8 heteroatoms. The fourth-order valence-corrected chi connectivity index (χ4v) is 2.39. The number of benzene rings is 1. The quantitative estimate of drug-likeness (QED) is 0.477. The van der Waals surface area contributed by atoms with Crippen LogP contribution in [-0.2, 0) is 9.31 Å². The van der Waals surface area contributed by atoms with Crippen LogP contribution < -0.4 is 5.46 Å². The summed E-state index contributed by atoms with van der Waals surface area (Å²) in [5.74, 6) is 0. The van der Waals surface area contributed by atoms with E-state index < -0.39 is 23.2 Å². The number of nitro benzene ring substituents is 1. The molecule has 1 aliphatic heterocycles. The third-order valence-electron chi connectivity index (χ3n) is 3.77. The molecule has 20 heavy (non-hydrogen) atoms. The van der Waals surface area contributed by atoms with Gasteiger partial charge in [-0.25, -0.2) is 0 Å². The second kappa shape index (κ2) is 4.88. The third kappa shape index (κ3) is 2.53. The number of halogens is 2. The third-order valence-corrected chi connectivity index (χ3v) is 4.40. The van der Waals surface area contributed by atoms with Crippen molar-refractivity contribution in [2.24, 2.45) is 0 Å². The molecule has 0 bridgehead atoms. The van der Waals surface area contributed by atoms with Crippen LogP contribution in [0.15, 0.2) is 12.1 Å². The molecule has 1 aromatic carbocycles. The first-order valence-electron chi connectivity index (χ1n) is 6.04. The second-order valence-corrected chi connectivity index (χ2v) is 6.48. The van der Waals surface area contributed by atoms with E-state index in [-0.39, 0.29) is 15.7 Å². The number of rotatable bonds is 2. The van der Waals surface area contributed by atoms with Crippen molar-refractivity contribution in [3.8, 4) is 0 Å². The van der Waals surface area contributed by atoms with Crippen LogP contribution in [0.3, 0.4) is 0 Å². The zero-order chi connectivity index (χ0) is 15.3. The fraction of sp³-hybridized carbons (Fsp3) is 0.500. The van der Waals surface area contributed by atoms with Gasteiger partial charge in [-0.1, -0.05) is 23.2 Å². The summed E-state index contributed by atoms with van der Waals surface area (Å²) >= 11 is 11.9. The molecule has 1 aromatic rings. The summed E-state index contributed by atoms with van der Waals surface area (Å²) in [6, 6.07) is 2.63. The largest absolute Gasteiger partial charge is 0.496 e. The zero-order valence-electron chi connectivity index (χ0n) is 11.6. The van der Waals surface area contributed by atoms with Crippen LogP contribution in [0.1, 0.15) is 27.7 Å². The summed E-state index contributed by atoms with van der Waals surface area (Å²) in [5.41, 5.74) is -0.910. The van der Waals surface area contributed by atoms with Gasteiger partial charge in [0.1, 0.15) is 5.02 Å². The van der Waals surface area contributed by atoms with Crippen LogP contribution in [0.5, 0.6) is 0 Å². The van der Waals surface area contributed by atoms with Gasteiger partial charge in [-0.15, -0.1) is 0 Å². The highest BCUT2D eigenvalue weighted by atomic mass is 35.5. The van der Waals surface area contributed by atoms with Crippen LogP contribution in [0, 0.1) is 10.1 Å². The minimum atomic E-state index is -0.761. The van der Waals surface area contributed by atoms with E-state index in [0.717, 1.165) is 0 Å². The summed E-state index contributed by atoms with van der Waals surface area (Å²) in [4.78, 5) is 10.4. The summed E-state index contributed by atoms with van der Waals surface area (Å²) < 4.78 is 11.7. The Morgan fingerprint density at radius 1 is 1.10 bits per heavy atom. The molecule has 0 radical (unpaired) electrons. The van der Waals surface area contributed by atoms with E-state index in [0.29, 0.717) is 5.46 Å². The van der Waals surface area contributed by atoms with E-state index in [1.54, 1.807) is 0 Å². The highest BCUT2D eigenvalue weighted by molar-refractivity contribution is 6.66. The van der Waals surface area contributed by atoms with Crippen molar-refractivity contribution in [2.75, 3.05) is 0 Å². The van der Waals surface area contributed by atoms with Gasteiger partial charge in [0.05, 0.1) is 16.1 Å². The van der Waals surface area contributed by atoms with Crippen molar-refractivity contribution in [3.63, 3.8) is 0 Å². The lowest BCUT2D eigenvalue weighted by Gasteiger charge is -2.32. The molecule has 0 atom stereocenters. The van der Waals surface area contributed by atoms with Gasteiger partial charge in [0, 0.05) is 16.6 Å². The van der Waals surface area contributed by atoms with Crippen molar-refractivity contribution in [1.82, 2.24) is 0 Å². The molecular formula is C12H14BCl2NO4. The maximum Gasteiger partial charge on any atom is 0.496 e. The maximum absolute atomic E-state index is 11.0. The van der Waals surface area contributed by atoms with Gasteiger partial charge in [0.25, 0.3) is 5.69 Å². The molecule has 0 spiro atoms. The lowest BCUT2D eigenvalue weighted by atomic mass is 9.79. The molecule has 2 rings (SSSR count). The van der Waals surface area contributed by atoms with E-state index in [9.17, 15) is 10.1 Å². The van der Waals surface area contributed by atoms with Gasteiger partial charge in [0.2, 0.25) is 0 Å². The Labute approximate surface area is 127 Å².